The fraction of sp³-hybridized carbons (Fsp3) is 0.316. The van der Waals surface area contributed by atoms with Crippen molar-refractivity contribution in [2.75, 3.05) is 12.4 Å². The average Bonchev–Trinajstić information content (AvgIpc) is 2.53. The number of aryl methyl sites for hydroxylation is 2. The molecule has 0 aliphatic carbocycles. The van der Waals surface area contributed by atoms with Gasteiger partial charge in [0, 0.05) is 5.56 Å². The zero-order valence-electron chi connectivity index (χ0n) is 13.5. The molecule has 3 nitrogen and oxygen atoms in total. The third-order valence-corrected chi connectivity index (χ3v) is 3.64. The maximum atomic E-state index is 12.4. The van der Waals surface area contributed by atoms with E-state index in [0.29, 0.717) is 17.0 Å². The second-order valence-corrected chi connectivity index (χ2v) is 5.46. The Labute approximate surface area is 132 Å². The zero-order chi connectivity index (χ0) is 15.9. The van der Waals surface area contributed by atoms with E-state index in [1.54, 1.807) is 7.11 Å². The van der Waals surface area contributed by atoms with Crippen molar-refractivity contribution in [1.82, 2.24) is 0 Å². The maximum Gasteiger partial charge on any atom is 0.255 e. The summed E-state index contributed by atoms with van der Waals surface area (Å²) in [5.41, 5.74) is 3.70. The second-order valence-electron chi connectivity index (χ2n) is 5.46. The average molecular weight is 297 g/mol. The molecule has 1 amide bonds. The molecule has 0 bridgehead atoms. The predicted molar refractivity (Wildman–Crippen MR) is 90.7 cm³/mol. The van der Waals surface area contributed by atoms with Crippen LogP contribution in [0.4, 0.5) is 5.69 Å². The number of anilines is 1. The van der Waals surface area contributed by atoms with Crippen LogP contribution in [0.3, 0.4) is 0 Å². The van der Waals surface area contributed by atoms with Crippen LogP contribution in [0.2, 0.25) is 0 Å². The number of methoxy groups -OCH3 is 1. The minimum absolute atomic E-state index is 0.119. The van der Waals surface area contributed by atoms with Crippen molar-refractivity contribution >= 4 is 11.6 Å². The second kappa shape index (κ2) is 7.64. The van der Waals surface area contributed by atoms with Crippen molar-refractivity contribution in [3.05, 3.63) is 59.2 Å². The van der Waals surface area contributed by atoms with E-state index in [1.807, 2.05) is 49.4 Å². The Kier molecular flexibility index (Phi) is 5.59. The number of nitrogens with one attached hydrogen (secondary N) is 1. The monoisotopic (exact) mass is 297 g/mol. The summed E-state index contributed by atoms with van der Waals surface area (Å²) in [6.07, 6.45) is 3.41. The lowest BCUT2D eigenvalue weighted by Crippen LogP contribution is -2.12. The smallest absolute Gasteiger partial charge is 0.255 e. The standard InChI is InChI=1S/C19H23NO2/c1-4-5-6-15-8-10-16(11-9-15)19(21)20-17-13-14(2)7-12-18(17)22-3/h7-13H,4-6H2,1-3H3,(H,20,21). The van der Waals surface area contributed by atoms with E-state index >= 15 is 0 Å². The minimum Gasteiger partial charge on any atom is -0.495 e. The van der Waals surface area contributed by atoms with Crippen LogP contribution in [-0.2, 0) is 6.42 Å². The number of unbranched alkanes of at least 4 members (excludes halogenated alkanes) is 1. The zero-order valence-corrected chi connectivity index (χ0v) is 13.5. The first kappa shape index (κ1) is 16.1. The Bertz CT molecular complexity index is 632. The van der Waals surface area contributed by atoms with E-state index in [2.05, 4.69) is 12.2 Å². The summed E-state index contributed by atoms with van der Waals surface area (Å²) in [7, 11) is 1.60. The highest BCUT2D eigenvalue weighted by atomic mass is 16.5. The largest absolute Gasteiger partial charge is 0.495 e. The van der Waals surface area contributed by atoms with Gasteiger partial charge in [0.1, 0.15) is 5.75 Å². The topological polar surface area (TPSA) is 38.3 Å². The van der Waals surface area contributed by atoms with Crippen molar-refractivity contribution in [3.63, 3.8) is 0 Å². The van der Waals surface area contributed by atoms with E-state index in [1.165, 1.54) is 18.4 Å². The van der Waals surface area contributed by atoms with Gasteiger partial charge in [-0.2, -0.15) is 0 Å². The number of carbonyl (C=O) groups excluding carboxylic acids is 1. The molecule has 116 valence electrons. The molecule has 2 rings (SSSR count). The Hall–Kier alpha value is -2.29. The third-order valence-electron chi connectivity index (χ3n) is 3.64. The van der Waals surface area contributed by atoms with Gasteiger partial charge in [-0.25, -0.2) is 0 Å². The molecule has 22 heavy (non-hydrogen) atoms. The van der Waals surface area contributed by atoms with Gasteiger partial charge in [-0.1, -0.05) is 31.5 Å². The Balaban J connectivity index is 2.10. The third kappa shape index (κ3) is 4.10. The minimum atomic E-state index is -0.119. The lowest BCUT2D eigenvalue weighted by Gasteiger charge is -2.11. The summed E-state index contributed by atoms with van der Waals surface area (Å²) < 4.78 is 5.29. The number of benzene rings is 2. The molecule has 0 saturated carbocycles. The molecule has 0 aliphatic rings. The molecule has 2 aromatic carbocycles. The summed E-state index contributed by atoms with van der Waals surface area (Å²) in [5, 5.41) is 2.92. The highest BCUT2D eigenvalue weighted by Gasteiger charge is 2.10. The lowest BCUT2D eigenvalue weighted by molar-refractivity contribution is 0.102. The SMILES string of the molecule is CCCCc1ccc(C(=O)Nc2cc(C)ccc2OC)cc1. The van der Waals surface area contributed by atoms with Gasteiger partial charge in [0.25, 0.3) is 5.91 Å². The number of amides is 1. The fourth-order valence-corrected chi connectivity index (χ4v) is 2.32. The molecule has 3 heteroatoms. The summed E-state index contributed by atoms with van der Waals surface area (Å²) in [4.78, 5) is 12.4. The Morgan fingerprint density at radius 1 is 1.14 bits per heavy atom. The fourth-order valence-electron chi connectivity index (χ4n) is 2.32. The molecule has 1 N–H and O–H groups in total. The van der Waals surface area contributed by atoms with Crippen molar-refractivity contribution in [2.45, 2.75) is 33.1 Å². The summed E-state index contributed by atoms with van der Waals surface area (Å²) in [6, 6.07) is 13.5. The molecule has 0 radical (unpaired) electrons. The van der Waals surface area contributed by atoms with Gasteiger partial charge < -0.3 is 10.1 Å². The molecular formula is C19H23NO2. The number of hydrogen-bond donors (Lipinski definition) is 1. The normalized spacial score (nSPS) is 10.3. The number of carbonyl (C=O) groups is 1. The molecule has 0 unspecified atom stereocenters. The molecule has 0 heterocycles. The van der Waals surface area contributed by atoms with Crippen molar-refractivity contribution in [1.29, 1.82) is 0 Å². The highest BCUT2D eigenvalue weighted by molar-refractivity contribution is 6.05. The molecule has 0 aromatic heterocycles. The van der Waals surface area contributed by atoms with Crippen LogP contribution in [-0.4, -0.2) is 13.0 Å². The van der Waals surface area contributed by atoms with E-state index in [0.717, 1.165) is 12.0 Å². The quantitative estimate of drug-likeness (QED) is 0.846. The maximum absolute atomic E-state index is 12.4. The molecule has 0 fully saturated rings. The number of ether oxygens (including phenoxy) is 1. The van der Waals surface area contributed by atoms with Gasteiger partial charge in [0.15, 0.2) is 0 Å². The van der Waals surface area contributed by atoms with Gasteiger partial charge in [0.2, 0.25) is 0 Å². The van der Waals surface area contributed by atoms with Gasteiger partial charge in [-0.05, 0) is 55.2 Å². The van der Waals surface area contributed by atoms with Crippen LogP contribution in [0.1, 0.15) is 41.3 Å². The van der Waals surface area contributed by atoms with Gasteiger partial charge in [0.05, 0.1) is 12.8 Å². The Morgan fingerprint density at radius 2 is 1.86 bits per heavy atom. The van der Waals surface area contributed by atoms with E-state index < -0.39 is 0 Å². The van der Waals surface area contributed by atoms with Crippen LogP contribution < -0.4 is 10.1 Å². The molecule has 0 saturated heterocycles. The predicted octanol–water partition coefficient (Wildman–Crippen LogP) is 4.60. The molecule has 0 aliphatic heterocycles. The summed E-state index contributed by atoms with van der Waals surface area (Å²) >= 11 is 0. The van der Waals surface area contributed by atoms with E-state index in [4.69, 9.17) is 4.74 Å². The molecule has 2 aromatic rings. The molecule has 0 spiro atoms. The van der Waals surface area contributed by atoms with Crippen LogP contribution in [0.15, 0.2) is 42.5 Å². The van der Waals surface area contributed by atoms with Crippen molar-refractivity contribution < 1.29 is 9.53 Å². The van der Waals surface area contributed by atoms with Gasteiger partial charge in [-0.3, -0.25) is 4.79 Å². The van der Waals surface area contributed by atoms with Crippen LogP contribution in [0.5, 0.6) is 5.75 Å². The molecular weight excluding hydrogens is 274 g/mol. The summed E-state index contributed by atoms with van der Waals surface area (Å²) in [5.74, 6) is 0.546. The van der Waals surface area contributed by atoms with E-state index in [-0.39, 0.29) is 5.91 Å². The first-order chi connectivity index (χ1) is 10.6. The van der Waals surface area contributed by atoms with Crippen LogP contribution in [0, 0.1) is 6.92 Å². The van der Waals surface area contributed by atoms with Crippen molar-refractivity contribution in [2.24, 2.45) is 0 Å². The highest BCUT2D eigenvalue weighted by Crippen LogP contribution is 2.25. The Morgan fingerprint density at radius 3 is 2.50 bits per heavy atom. The van der Waals surface area contributed by atoms with Crippen LogP contribution >= 0.6 is 0 Å². The first-order valence-electron chi connectivity index (χ1n) is 7.69. The number of hydrogen-bond acceptors (Lipinski definition) is 2. The van der Waals surface area contributed by atoms with Gasteiger partial charge in [-0.15, -0.1) is 0 Å². The molecule has 0 atom stereocenters. The van der Waals surface area contributed by atoms with Crippen molar-refractivity contribution in [3.8, 4) is 5.75 Å². The lowest BCUT2D eigenvalue weighted by atomic mass is 10.1. The number of rotatable bonds is 6. The van der Waals surface area contributed by atoms with Gasteiger partial charge >= 0.3 is 0 Å². The summed E-state index contributed by atoms with van der Waals surface area (Å²) in [6.45, 7) is 4.16. The van der Waals surface area contributed by atoms with E-state index in [9.17, 15) is 4.79 Å². The first-order valence-corrected chi connectivity index (χ1v) is 7.69. The van der Waals surface area contributed by atoms with Crippen LogP contribution in [0.25, 0.3) is 0 Å².